The van der Waals surface area contributed by atoms with Gasteiger partial charge in [0.1, 0.15) is 5.75 Å². The number of benzene rings is 1. The van der Waals surface area contributed by atoms with Gasteiger partial charge in [-0.25, -0.2) is 4.79 Å². The van der Waals surface area contributed by atoms with Gasteiger partial charge in [0.25, 0.3) is 6.10 Å². The van der Waals surface area contributed by atoms with Gasteiger partial charge in [0.05, 0.1) is 6.61 Å². The van der Waals surface area contributed by atoms with Crippen LogP contribution in [-0.4, -0.2) is 55.1 Å². The van der Waals surface area contributed by atoms with E-state index in [-0.39, 0.29) is 19.0 Å². The Bertz CT molecular complexity index is 714. The summed E-state index contributed by atoms with van der Waals surface area (Å²) >= 11 is 0. The first-order chi connectivity index (χ1) is 13.9. The monoisotopic (exact) mass is 442 g/mol. The first-order valence-corrected chi connectivity index (χ1v) is 8.99. The summed E-state index contributed by atoms with van der Waals surface area (Å²) in [6.07, 6.45) is -15.9. The molecular formula is C18H20F6N2O4. The maximum absolute atomic E-state index is 12.5. The summed E-state index contributed by atoms with van der Waals surface area (Å²) in [7, 11) is 0. The van der Waals surface area contributed by atoms with Crippen LogP contribution < -0.4 is 10.5 Å². The van der Waals surface area contributed by atoms with Crippen LogP contribution in [0.4, 0.5) is 31.1 Å². The number of halogens is 6. The Kier molecular flexibility index (Phi) is 7.43. The van der Waals surface area contributed by atoms with Crippen LogP contribution in [0.2, 0.25) is 0 Å². The fourth-order valence-corrected chi connectivity index (χ4v) is 2.96. The molecule has 0 bridgehead atoms. The Hall–Kier alpha value is -2.66. The van der Waals surface area contributed by atoms with E-state index in [1.807, 2.05) is 0 Å². The maximum atomic E-state index is 12.5. The third-order valence-electron chi connectivity index (χ3n) is 4.62. The van der Waals surface area contributed by atoms with Gasteiger partial charge in [-0.3, -0.25) is 4.79 Å². The second-order valence-electron chi connectivity index (χ2n) is 6.80. The fraction of sp³-hybridized carbons (Fsp3) is 0.556. The number of nitrogens with two attached hydrogens (primary N) is 1. The van der Waals surface area contributed by atoms with E-state index in [1.165, 1.54) is 12.1 Å². The highest BCUT2D eigenvalue weighted by Crippen LogP contribution is 2.36. The second kappa shape index (κ2) is 9.43. The van der Waals surface area contributed by atoms with Gasteiger partial charge in [0, 0.05) is 18.7 Å². The number of piperidine rings is 1. The number of amides is 2. The molecule has 2 N–H and O–H groups in total. The molecule has 1 aromatic carbocycles. The quantitative estimate of drug-likeness (QED) is 0.678. The minimum absolute atomic E-state index is 0.0146. The normalized spacial score (nSPS) is 15.9. The highest BCUT2D eigenvalue weighted by Gasteiger charge is 2.60. The van der Waals surface area contributed by atoms with Crippen LogP contribution in [0, 0.1) is 5.92 Å². The maximum Gasteiger partial charge on any atom is 0.434 e. The van der Waals surface area contributed by atoms with E-state index in [9.17, 15) is 35.9 Å². The molecule has 0 aromatic heterocycles. The summed E-state index contributed by atoms with van der Waals surface area (Å²) in [4.78, 5) is 23.6. The number of carbonyl (C=O) groups is 2. The molecule has 30 heavy (non-hydrogen) atoms. The fourth-order valence-electron chi connectivity index (χ4n) is 2.96. The Balaban J connectivity index is 1.76. The van der Waals surface area contributed by atoms with Crippen LogP contribution in [0.5, 0.6) is 5.75 Å². The Morgan fingerprint density at radius 3 is 2.03 bits per heavy atom. The van der Waals surface area contributed by atoms with Crippen molar-refractivity contribution in [3.05, 3.63) is 29.8 Å². The van der Waals surface area contributed by atoms with Gasteiger partial charge in [-0.2, -0.15) is 26.3 Å². The number of nitrogens with zero attached hydrogens (tertiary/aromatic N) is 1. The summed E-state index contributed by atoms with van der Waals surface area (Å²) in [5, 5.41) is 0. The molecule has 2 rings (SSSR count). The molecule has 0 saturated carbocycles. The summed E-state index contributed by atoms with van der Waals surface area (Å²) in [6.45, 7) is 0.285. The molecule has 1 aliphatic heterocycles. The first-order valence-electron chi connectivity index (χ1n) is 8.99. The lowest BCUT2D eigenvalue weighted by Crippen LogP contribution is -2.49. The van der Waals surface area contributed by atoms with Crippen LogP contribution in [0.1, 0.15) is 29.6 Å². The third-order valence-corrected chi connectivity index (χ3v) is 4.62. The topological polar surface area (TPSA) is 81.9 Å². The van der Waals surface area contributed by atoms with E-state index in [2.05, 4.69) is 4.74 Å². The van der Waals surface area contributed by atoms with Gasteiger partial charge in [-0.05, 0) is 49.4 Å². The lowest BCUT2D eigenvalue weighted by Gasteiger charge is -2.33. The average Bonchev–Trinajstić information content (AvgIpc) is 2.65. The molecule has 0 atom stereocenters. The first kappa shape index (κ1) is 23.6. The van der Waals surface area contributed by atoms with Crippen molar-refractivity contribution in [3.63, 3.8) is 0 Å². The van der Waals surface area contributed by atoms with E-state index >= 15 is 0 Å². The summed E-state index contributed by atoms with van der Waals surface area (Å²) in [5.41, 5.74) is 5.47. The highest BCUT2D eigenvalue weighted by molar-refractivity contribution is 5.92. The van der Waals surface area contributed by atoms with Gasteiger partial charge in [0.2, 0.25) is 5.91 Å². The summed E-state index contributed by atoms with van der Waals surface area (Å²) in [5.74, 6) is 0.0370. The zero-order chi connectivity index (χ0) is 22.5. The number of alkyl halides is 6. The lowest BCUT2D eigenvalue weighted by molar-refractivity contribution is -0.308. The number of ether oxygens (including phenoxy) is 2. The Labute approximate surface area is 167 Å². The van der Waals surface area contributed by atoms with Gasteiger partial charge < -0.3 is 20.1 Å². The standard InChI is InChI=1S/C18H20F6N2O4/c19-17(20,21)15(18(22,23)24)30-16(28)26-8-5-11(6-9-26)7-10-29-13-3-1-12(2-4-13)14(25)27/h1-4,11,15H,5-10H2,(H2,25,27). The van der Waals surface area contributed by atoms with Crippen molar-refractivity contribution in [2.24, 2.45) is 11.7 Å². The molecule has 168 valence electrons. The van der Waals surface area contributed by atoms with Crippen molar-refractivity contribution >= 4 is 12.0 Å². The van der Waals surface area contributed by atoms with Crippen molar-refractivity contribution in [2.75, 3.05) is 19.7 Å². The molecule has 1 heterocycles. The predicted molar refractivity (Wildman–Crippen MR) is 91.7 cm³/mol. The van der Waals surface area contributed by atoms with Crippen LogP contribution in [-0.2, 0) is 4.74 Å². The van der Waals surface area contributed by atoms with E-state index in [1.54, 1.807) is 12.1 Å². The largest absolute Gasteiger partial charge is 0.494 e. The average molecular weight is 442 g/mol. The molecule has 6 nitrogen and oxygen atoms in total. The van der Waals surface area contributed by atoms with Gasteiger partial charge in [-0.15, -0.1) is 0 Å². The van der Waals surface area contributed by atoms with Crippen molar-refractivity contribution in [1.29, 1.82) is 0 Å². The van der Waals surface area contributed by atoms with E-state index in [4.69, 9.17) is 10.5 Å². The van der Waals surface area contributed by atoms with Crippen LogP contribution in [0.25, 0.3) is 0 Å². The number of carbonyl (C=O) groups excluding carboxylic acids is 2. The van der Waals surface area contributed by atoms with Gasteiger partial charge in [-0.1, -0.05) is 0 Å². The van der Waals surface area contributed by atoms with E-state index in [0.29, 0.717) is 37.2 Å². The number of primary amides is 1. The SMILES string of the molecule is NC(=O)c1ccc(OCCC2CCN(C(=O)OC(C(F)(F)F)C(F)(F)F)CC2)cc1. The molecule has 0 radical (unpaired) electrons. The van der Waals surface area contributed by atoms with Gasteiger partial charge >= 0.3 is 18.4 Å². The molecule has 0 aliphatic carbocycles. The number of hydrogen-bond acceptors (Lipinski definition) is 4. The molecule has 0 spiro atoms. The minimum atomic E-state index is -5.74. The molecule has 1 saturated heterocycles. The Morgan fingerprint density at radius 1 is 1.03 bits per heavy atom. The minimum Gasteiger partial charge on any atom is -0.494 e. The zero-order valence-electron chi connectivity index (χ0n) is 15.6. The molecule has 1 aliphatic rings. The summed E-state index contributed by atoms with van der Waals surface area (Å²) < 4.78 is 84.2. The van der Waals surface area contributed by atoms with Crippen molar-refractivity contribution < 1.29 is 45.4 Å². The number of hydrogen-bond donors (Lipinski definition) is 1. The summed E-state index contributed by atoms with van der Waals surface area (Å²) in [6, 6.07) is 6.18. The number of likely N-dealkylation sites (tertiary alicyclic amines) is 1. The lowest BCUT2D eigenvalue weighted by atomic mass is 9.94. The van der Waals surface area contributed by atoms with Crippen LogP contribution >= 0.6 is 0 Å². The molecule has 12 heteroatoms. The Morgan fingerprint density at radius 2 is 1.57 bits per heavy atom. The zero-order valence-corrected chi connectivity index (χ0v) is 15.6. The molecule has 1 fully saturated rings. The molecule has 2 amide bonds. The predicted octanol–water partition coefficient (Wildman–Crippen LogP) is 3.90. The van der Waals surface area contributed by atoms with Gasteiger partial charge in [0.15, 0.2) is 0 Å². The van der Waals surface area contributed by atoms with Crippen LogP contribution in [0.15, 0.2) is 24.3 Å². The molecular weight excluding hydrogens is 422 g/mol. The van der Waals surface area contributed by atoms with Crippen molar-refractivity contribution in [1.82, 2.24) is 4.90 Å². The van der Waals surface area contributed by atoms with Crippen molar-refractivity contribution in [3.8, 4) is 5.75 Å². The van der Waals surface area contributed by atoms with Crippen LogP contribution in [0.3, 0.4) is 0 Å². The van der Waals surface area contributed by atoms with Crippen molar-refractivity contribution in [2.45, 2.75) is 37.7 Å². The van der Waals surface area contributed by atoms with E-state index in [0.717, 1.165) is 4.90 Å². The molecule has 0 unspecified atom stereocenters. The van der Waals surface area contributed by atoms with E-state index < -0.39 is 30.5 Å². The molecule has 1 aromatic rings. The third kappa shape index (κ3) is 6.70. The highest BCUT2D eigenvalue weighted by atomic mass is 19.4. The number of rotatable bonds is 6. The second-order valence-corrected chi connectivity index (χ2v) is 6.80. The smallest absolute Gasteiger partial charge is 0.434 e.